The molecule has 0 bridgehead atoms. The molecule has 0 N–H and O–H groups in total. The largest absolute Gasteiger partial charge is 0.463 e. The van der Waals surface area contributed by atoms with E-state index in [4.69, 9.17) is 18.2 Å². The zero-order valence-corrected chi connectivity index (χ0v) is 15.9. The lowest BCUT2D eigenvalue weighted by Crippen LogP contribution is -2.13. The zero-order chi connectivity index (χ0) is 17.8. The van der Waals surface area contributed by atoms with Gasteiger partial charge in [0.05, 0.1) is 26.5 Å². The van der Waals surface area contributed by atoms with Crippen molar-refractivity contribution in [2.45, 2.75) is 53.1 Å². The fourth-order valence-electron chi connectivity index (χ4n) is 2.35. The number of rotatable bonds is 7. The smallest absolute Gasteiger partial charge is 0.374 e. The van der Waals surface area contributed by atoms with Crippen molar-refractivity contribution in [3.63, 3.8) is 0 Å². The summed E-state index contributed by atoms with van der Waals surface area (Å²) in [6, 6.07) is 0. The van der Waals surface area contributed by atoms with Gasteiger partial charge in [0.25, 0.3) is 0 Å². The molecule has 0 atom stereocenters. The van der Waals surface area contributed by atoms with E-state index in [1.807, 2.05) is 20.8 Å². The van der Waals surface area contributed by atoms with Crippen LogP contribution in [0.15, 0.2) is 4.42 Å². The highest BCUT2D eigenvalue weighted by Gasteiger charge is 2.35. The molecule has 0 radical (unpaired) electrons. The Hall–Kier alpha value is -1.10. The first-order chi connectivity index (χ1) is 10.6. The van der Waals surface area contributed by atoms with Gasteiger partial charge in [-0.25, -0.2) is 4.79 Å². The second-order valence-corrected chi connectivity index (χ2v) is 8.26. The van der Waals surface area contributed by atoms with E-state index in [9.17, 15) is 9.36 Å². The van der Waals surface area contributed by atoms with Crippen molar-refractivity contribution in [3.8, 4) is 0 Å². The van der Waals surface area contributed by atoms with Crippen LogP contribution in [-0.4, -0.2) is 26.3 Å². The SMILES string of the molecule is CCOP(=O)(Cc1c(C(C)(C)C)oc(C(=O)OC)c1C)OCC. The molecule has 23 heavy (non-hydrogen) atoms. The Morgan fingerprint density at radius 1 is 1.17 bits per heavy atom. The fraction of sp³-hybridized carbons (Fsp3) is 0.688. The minimum absolute atomic E-state index is 0.0631. The maximum Gasteiger partial charge on any atom is 0.374 e. The lowest BCUT2D eigenvalue weighted by Gasteiger charge is -2.21. The highest BCUT2D eigenvalue weighted by molar-refractivity contribution is 7.53. The third-order valence-corrected chi connectivity index (χ3v) is 5.33. The molecule has 0 aliphatic carbocycles. The van der Waals surface area contributed by atoms with Crippen LogP contribution in [-0.2, 0) is 29.9 Å². The van der Waals surface area contributed by atoms with Crippen LogP contribution >= 0.6 is 7.60 Å². The zero-order valence-electron chi connectivity index (χ0n) is 15.0. The third-order valence-electron chi connectivity index (χ3n) is 3.33. The summed E-state index contributed by atoms with van der Waals surface area (Å²) in [4.78, 5) is 11.9. The van der Waals surface area contributed by atoms with Crippen molar-refractivity contribution in [2.75, 3.05) is 20.3 Å². The monoisotopic (exact) mass is 346 g/mol. The summed E-state index contributed by atoms with van der Waals surface area (Å²) in [6.45, 7) is 11.7. The number of methoxy groups -OCH3 is 1. The quantitative estimate of drug-likeness (QED) is 0.537. The summed E-state index contributed by atoms with van der Waals surface area (Å²) >= 11 is 0. The molecule has 0 spiro atoms. The Labute approximate surface area is 138 Å². The second-order valence-electron chi connectivity index (χ2n) is 6.21. The standard InChI is InChI=1S/C16H27O6P/c1-8-20-23(18,21-9-2)10-12-11(3)13(15(17)19-7)22-14(12)16(4,5)6/h8-10H2,1-7H3. The minimum Gasteiger partial charge on any atom is -0.463 e. The first-order valence-corrected chi connectivity index (χ1v) is 9.41. The molecule has 0 saturated heterocycles. The molecule has 0 unspecified atom stereocenters. The van der Waals surface area contributed by atoms with E-state index in [1.54, 1.807) is 20.8 Å². The van der Waals surface area contributed by atoms with Crippen LogP contribution in [0.3, 0.4) is 0 Å². The minimum atomic E-state index is -3.30. The maximum atomic E-state index is 12.9. The van der Waals surface area contributed by atoms with Crippen LogP contribution in [0.4, 0.5) is 0 Å². The molecule has 0 amide bonds. The predicted octanol–water partition coefficient (Wildman–Crippen LogP) is 4.44. The Bertz CT molecular complexity index is 586. The highest BCUT2D eigenvalue weighted by atomic mass is 31.2. The number of ether oxygens (including phenoxy) is 1. The van der Waals surface area contributed by atoms with Gasteiger partial charge in [0.2, 0.25) is 5.76 Å². The summed E-state index contributed by atoms with van der Waals surface area (Å²) in [5, 5.41) is 0. The van der Waals surface area contributed by atoms with Crippen molar-refractivity contribution in [2.24, 2.45) is 0 Å². The number of hydrogen-bond acceptors (Lipinski definition) is 6. The molecule has 1 heterocycles. The van der Waals surface area contributed by atoms with Gasteiger partial charge < -0.3 is 18.2 Å². The Balaban J connectivity index is 3.41. The van der Waals surface area contributed by atoms with E-state index in [2.05, 4.69) is 0 Å². The molecule has 132 valence electrons. The lowest BCUT2D eigenvalue weighted by atomic mass is 9.90. The normalized spacial score (nSPS) is 12.5. The summed E-state index contributed by atoms with van der Waals surface area (Å²) in [7, 11) is -2.00. The average Bonchev–Trinajstić information content (AvgIpc) is 2.75. The van der Waals surface area contributed by atoms with E-state index < -0.39 is 13.6 Å². The van der Waals surface area contributed by atoms with Crippen molar-refractivity contribution < 1.29 is 27.6 Å². The molecule has 1 aromatic rings. The first kappa shape index (κ1) is 19.9. The molecular weight excluding hydrogens is 319 g/mol. The summed E-state index contributed by atoms with van der Waals surface area (Å²) in [6.07, 6.45) is 0.0631. The number of furan rings is 1. The predicted molar refractivity (Wildman–Crippen MR) is 88.0 cm³/mol. The van der Waals surface area contributed by atoms with Crippen LogP contribution in [0.1, 0.15) is 62.1 Å². The molecule has 1 rings (SSSR count). The van der Waals surface area contributed by atoms with Crippen molar-refractivity contribution in [1.82, 2.24) is 0 Å². The first-order valence-electron chi connectivity index (χ1n) is 7.68. The van der Waals surface area contributed by atoms with Crippen molar-refractivity contribution >= 4 is 13.6 Å². The van der Waals surface area contributed by atoms with E-state index in [0.717, 1.165) is 0 Å². The Morgan fingerprint density at radius 2 is 1.70 bits per heavy atom. The van der Waals surface area contributed by atoms with E-state index in [-0.39, 0.29) is 30.6 Å². The number of carbonyl (C=O) groups excluding carboxylic acids is 1. The fourth-order valence-corrected chi connectivity index (χ4v) is 4.16. The lowest BCUT2D eigenvalue weighted by molar-refractivity contribution is 0.0560. The van der Waals surface area contributed by atoms with Gasteiger partial charge in [-0.15, -0.1) is 0 Å². The van der Waals surface area contributed by atoms with Gasteiger partial charge >= 0.3 is 13.6 Å². The Morgan fingerprint density at radius 3 is 2.09 bits per heavy atom. The van der Waals surface area contributed by atoms with Gasteiger partial charge in [-0.05, 0) is 20.8 Å². The molecule has 0 saturated carbocycles. The summed E-state index contributed by atoms with van der Waals surface area (Å²) in [5.74, 6) is 0.170. The summed E-state index contributed by atoms with van der Waals surface area (Å²) in [5.41, 5.74) is 0.930. The summed E-state index contributed by atoms with van der Waals surface area (Å²) < 4.78 is 34.1. The average molecular weight is 346 g/mol. The van der Waals surface area contributed by atoms with Crippen LogP contribution in [0.25, 0.3) is 0 Å². The topological polar surface area (TPSA) is 75.0 Å². The number of carbonyl (C=O) groups is 1. The third kappa shape index (κ3) is 4.69. The number of esters is 1. The van der Waals surface area contributed by atoms with Gasteiger partial charge in [-0.1, -0.05) is 20.8 Å². The van der Waals surface area contributed by atoms with Crippen molar-refractivity contribution in [3.05, 3.63) is 22.6 Å². The van der Waals surface area contributed by atoms with Crippen LogP contribution in [0.2, 0.25) is 0 Å². The Kier molecular flexibility index (Phi) is 6.63. The van der Waals surface area contributed by atoms with Gasteiger partial charge in [0, 0.05) is 16.5 Å². The van der Waals surface area contributed by atoms with Gasteiger partial charge in [0.1, 0.15) is 5.76 Å². The van der Waals surface area contributed by atoms with E-state index in [1.165, 1.54) is 7.11 Å². The molecule has 0 aromatic carbocycles. The van der Waals surface area contributed by atoms with Gasteiger partial charge in [0.15, 0.2) is 0 Å². The van der Waals surface area contributed by atoms with Gasteiger partial charge in [-0.3, -0.25) is 4.57 Å². The van der Waals surface area contributed by atoms with E-state index in [0.29, 0.717) is 16.9 Å². The second kappa shape index (κ2) is 7.65. The maximum absolute atomic E-state index is 12.9. The molecular formula is C16H27O6P. The molecule has 0 fully saturated rings. The van der Waals surface area contributed by atoms with E-state index >= 15 is 0 Å². The molecule has 1 aromatic heterocycles. The van der Waals surface area contributed by atoms with Crippen LogP contribution in [0, 0.1) is 6.92 Å². The molecule has 0 aliphatic rings. The highest BCUT2D eigenvalue weighted by Crippen LogP contribution is 2.53. The molecule has 0 aliphatic heterocycles. The number of hydrogen-bond donors (Lipinski definition) is 0. The van der Waals surface area contributed by atoms with Crippen LogP contribution < -0.4 is 0 Å². The molecule has 7 heteroatoms. The van der Waals surface area contributed by atoms with Crippen molar-refractivity contribution in [1.29, 1.82) is 0 Å². The van der Waals surface area contributed by atoms with Gasteiger partial charge in [-0.2, -0.15) is 0 Å². The molecule has 6 nitrogen and oxygen atoms in total. The van der Waals surface area contributed by atoms with Crippen LogP contribution in [0.5, 0.6) is 0 Å².